The summed E-state index contributed by atoms with van der Waals surface area (Å²) in [6.45, 7) is 4.16. The molecule has 0 aromatic heterocycles. The van der Waals surface area contributed by atoms with Crippen molar-refractivity contribution in [3.8, 4) is 5.75 Å². The average molecular weight is 320 g/mol. The van der Waals surface area contributed by atoms with E-state index >= 15 is 0 Å². The molecule has 1 fully saturated rings. The molecular formula is C16H20N2O5. The van der Waals surface area contributed by atoms with Gasteiger partial charge in [-0.1, -0.05) is 0 Å². The second kappa shape index (κ2) is 6.68. The molecule has 2 rings (SSSR count). The van der Waals surface area contributed by atoms with Gasteiger partial charge >= 0.3 is 5.97 Å². The molecule has 0 saturated carbocycles. The summed E-state index contributed by atoms with van der Waals surface area (Å²) >= 11 is 0. The summed E-state index contributed by atoms with van der Waals surface area (Å²) in [6.07, 6.45) is 0.158. The van der Waals surface area contributed by atoms with Crippen molar-refractivity contribution in [1.82, 2.24) is 4.90 Å². The maximum absolute atomic E-state index is 12.3. The molecule has 7 heteroatoms. The smallest absolute Gasteiger partial charge is 0.337 e. The number of carbonyl (C=O) groups is 3. The summed E-state index contributed by atoms with van der Waals surface area (Å²) in [4.78, 5) is 37.1. The second-order valence-electron chi connectivity index (χ2n) is 5.75. The highest BCUT2D eigenvalue weighted by atomic mass is 16.5. The molecule has 1 unspecified atom stereocenters. The number of likely N-dealkylation sites (tertiary alicyclic amines) is 1. The second-order valence-corrected chi connectivity index (χ2v) is 5.75. The highest BCUT2D eigenvalue weighted by molar-refractivity contribution is 5.99. The van der Waals surface area contributed by atoms with Crippen LogP contribution in [0.4, 0.5) is 5.69 Å². The van der Waals surface area contributed by atoms with Gasteiger partial charge < -0.3 is 20.1 Å². The van der Waals surface area contributed by atoms with E-state index in [-0.39, 0.29) is 41.3 Å². The number of nitrogens with zero attached hydrogens (tertiary/aromatic N) is 1. The van der Waals surface area contributed by atoms with Gasteiger partial charge in [0.1, 0.15) is 5.75 Å². The van der Waals surface area contributed by atoms with Crippen LogP contribution in [0.3, 0.4) is 0 Å². The molecule has 124 valence electrons. The Morgan fingerprint density at radius 2 is 2.09 bits per heavy atom. The lowest BCUT2D eigenvalue weighted by Crippen LogP contribution is -2.33. The average Bonchev–Trinajstić information content (AvgIpc) is 2.90. The fourth-order valence-corrected chi connectivity index (χ4v) is 2.52. The summed E-state index contributed by atoms with van der Waals surface area (Å²) in [6, 6.07) is 4.15. The van der Waals surface area contributed by atoms with Crippen LogP contribution in [-0.2, 0) is 14.3 Å². The van der Waals surface area contributed by atoms with Crippen LogP contribution in [0.5, 0.6) is 5.75 Å². The van der Waals surface area contributed by atoms with Gasteiger partial charge in [-0.3, -0.25) is 9.59 Å². The highest BCUT2D eigenvalue weighted by Gasteiger charge is 2.35. The maximum Gasteiger partial charge on any atom is 0.337 e. The van der Waals surface area contributed by atoms with Crippen molar-refractivity contribution < 1.29 is 24.2 Å². The Bertz CT molecular complexity index is 641. The lowest BCUT2D eigenvalue weighted by Gasteiger charge is -2.20. The quantitative estimate of drug-likeness (QED) is 0.645. The zero-order chi connectivity index (χ0) is 17.1. The fourth-order valence-electron chi connectivity index (χ4n) is 2.52. The van der Waals surface area contributed by atoms with Crippen LogP contribution in [0, 0.1) is 5.92 Å². The van der Waals surface area contributed by atoms with Gasteiger partial charge in [-0.25, -0.2) is 4.79 Å². The zero-order valence-electron chi connectivity index (χ0n) is 13.3. The molecule has 1 aromatic carbocycles. The molecule has 1 saturated heterocycles. The SMILES string of the molecule is COC(=O)c1ccc(NC(=O)C2CC(=O)N(C(C)C)C2)c(O)c1. The van der Waals surface area contributed by atoms with Gasteiger partial charge in [-0.05, 0) is 32.0 Å². The number of methoxy groups -OCH3 is 1. The molecule has 1 aromatic rings. The first-order chi connectivity index (χ1) is 10.8. The number of amides is 2. The Labute approximate surface area is 134 Å². The number of carbonyl (C=O) groups excluding carboxylic acids is 3. The van der Waals surface area contributed by atoms with Crippen LogP contribution >= 0.6 is 0 Å². The molecule has 1 aliphatic heterocycles. The Morgan fingerprint density at radius 3 is 2.61 bits per heavy atom. The molecule has 1 heterocycles. The maximum atomic E-state index is 12.3. The van der Waals surface area contributed by atoms with E-state index in [0.717, 1.165) is 0 Å². The first-order valence-electron chi connectivity index (χ1n) is 7.35. The number of phenolic OH excluding ortho intramolecular Hbond substituents is 1. The van der Waals surface area contributed by atoms with E-state index in [0.29, 0.717) is 6.54 Å². The van der Waals surface area contributed by atoms with Gasteiger partial charge in [0.25, 0.3) is 0 Å². The molecule has 0 spiro atoms. The molecule has 2 amide bonds. The van der Waals surface area contributed by atoms with Crippen molar-refractivity contribution in [3.63, 3.8) is 0 Å². The summed E-state index contributed by atoms with van der Waals surface area (Å²) < 4.78 is 4.56. The topological polar surface area (TPSA) is 95.9 Å². The van der Waals surface area contributed by atoms with Crippen molar-refractivity contribution in [1.29, 1.82) is 0 Å². The molecule has 7 nitrogen and oxygen atoms in total. The normalized spacial score (nSPS) is 17.5. The molecular weight excluding hydrogens is 300 g/mol. The molecule has 23 heavy (non-hydrogen) atoms. The van der Waals surface area contributed by atoms with Crippen LogP contribution < -0.4 is 5.32 Å². The van der Waals surface area contributed by atoms with Crippen LogP contribution in [0.2, 0.25) is 0 Å². The third-order valence-corrected chi connectivity index (χ3v) is 3.83. The van der Waals surface area contributed by atoms with E-state index in [1.807, 2.05) is 13.8 Å². The number of rotatable bonds is 4. The predicted molar refractivity (Wildman–Crippen MR) is 83.0 cm³/mol. The van der Waals surface area contributed by atoms with E-state index in [2.05, 4.69) is 10.1 Å². The van der Waals surface area contributed by atoms with Crippen molar-refractivity contribution in [2.24, 2.45) is 5.92 Å². The number of anilines is 1. The van der Waals surface area contributed by atoms with Crippen LogP contribution in [0.15, 0.2) is 18.2 Å². The predicted octanol–water partition coefficient (Wildman–Crippen LogP) is 1.37. The number of esters is 1. The number of phenols is 1. The fraction of sp³-hybridized carbons (Fsp3) is 0.438. The van der Waals surface area contributed by atoms with Gasteiger partial charge in [0, 0.05) is 19.0 Å². The van der Waals surface area contributed by atoms with Crippen LogP contribution in [0.25, 0.3) is 0 Å². The van der Waals surface area contributed by atoms with Crippen LogP contribution in [0.1, 0.15) is 30.6 Å². The van der Waals surface area contributed by atoms with Crippen LogP contribution in [-0.4, -0.2) is 47.5 Å². The van der Waals surface area contributed by atoms with E-state index in [1.165, 1.54) is 25.3 Å². The molecule has 1 atom stereocenters. The minimum Gasteiger partial charge on any atom is -0.506 e. The summed E-state index contributed by atoms with van der Waals surface area (Å²) in [5.41, 5.74) is 0.378. The first-order valence-corrected chi connectivity index (χ1v) is 7.35. The van der Waals surface area contributed by atoms with Crippen molar-refractivity contribution >= 4 is 23.5 Å². The number of nitrogens with one attached hydrogen (secondary N) is 1. The molecule has 0 radical (unpaired) electrons. The first kappa shape index (κ1) is 16.8. The number of benzene rings is 1. The third kappa shape index (κ3) is 3.61. The van der Waals surface area contributed by atoms with E-state index in [4.69, 9.17) is 0 Å². The molecule has 2 N–H and O–H groups in total. The van der Waals surface area contributed by atoms with E-state index in [1.54, 1.807) is 4.90 Å². The van der Waals surface area contributed by atoms with Crippen molar-refractivity contribution in [2.45, 2.75) is 26.3 Å². The summed E-state index contributed by atoms with van der Waals surface area (Å²) in [5.74, 6) is -1.64. The van der Waals surface area contributed by atoms with Crippen molar-refractivity contribution in [3.05, 3.63) is 23.8 Å². The number of hydrogen-bond donors (Lipinski definition) is 2. The monoisotopic (exact) mass is 320 g/mol. The lowest BCUT2D eigenvalue weighted by atomic mass is 10.1. The molecule has 0 bridgehead atoms. The number of ether oxygens (including phenoxy) is 1. The molecule has 0 aliphatic carbocycles. The van der Waals surface area contributed by atoms with E-state index < -0.39 is 11.9 Å². The Kier molecular flexibility index (Phi) is 4.88. The standard InChI is InChI=1S/C16H20N2O5/c1-9(2)18-8-11(7-14(18)20)15(21)17-12-5-4-10(6-13(12)19)16(22)23-3/h4-6,9,11,19H,7-8H2,1-3H3,(H,17,21). The van der Waals surface area contributed by atoms with E-state index in [9.17, 15) is 19.5 Å². The zero-order valence-corrected chi connectivity index (χ0v) is 13.3. The number of hydrogen-bond acceptors (Lipinski definition) is 5. The van der Waals surface area contributed by atoms with Gasteiger partial charge in [0.15, 0.2) is 0 Å². The lowest BCUT2D eigenvalue weighted by molar-refractivity contribution is -0.129. The Hall–Kier alpha value is -2.57. The van der Waals surface area contributed by atoms with Crippen molar-refractivity contribution in [2.75, 3.05) is 19.0 Å². The summed E-state index contributed by atoms with van der Waals surface area (Å²) in [5, 5.41) is 12.5. The largest absolute Gasteiger partial charge is 0.506 e. The minimum absolute atomic E-state index is 0.0491. The molecule has 1 aliphatic rings. The van der Waals surface area contributed by atoms with Gasteiger partial charge in [-0.2, -0.15) is 0 Å². The van der Waals surface area contributed by atoms with Gasteiger partial charge in [0.2, 0.25) is 11.8 Å². The summed E-state index contributed by atoms with van der Waals surface area (Å²) in [7, 11) is 1.24. The third-order valence-electron chi connectivity index (χ3n) is 3.83. The number of aromatic hydroxyl groups is 1. The Balaban J connectivity index is 2.06. The van der Waals surface area contributed by atoms with Gasteiger partial charge in [-0.15, -0.1) is 0 Å². The Morgan fingerprint density at radius 1 is 1.39 bits per heavy atom. The highest BCUT2D eigenvalue weighted by Crippen LogP contribution is 2.27. The van der Waals surface area contributed by atoms with Gasteiger partial charge in [0.05, 0.1) is 24.3 Å². The minimum atomic E-state index is -0.577.